The Kier molecular flexibility index (Phi) is 4.78. The Morgan fingerprint density at radius 2 is 1.59 bits per heavy atom. The Bertz CT molecular complexity index is 694. The predicted octanol–water partition coefficient (Wildman–Crippen LogP) is 3.21. The first kappa shape index (κ1) is 15.6. The number of anilines is 2. The van der Waals surface area contributed by atoms with Gasteiger partial charge in [0.25, 0.3) is 5.91 Å². The van der Waals surface area contributed by atoms with Gasteiger partial charge in [-0.15, -0.1) is 0 Å². The molecule has 0 radical (unpaired) electrons. The molecular weight excluding hydrogens is 280 g/mol. The fourth-order valence-electron chi connectivity index (χ4n) is 2.07. The molecule has 2 amide bonds. The highest BCUT2D eigenvalue weighted by molar-refractivity contribution is 6.04. The molecule has 0 fully saturated rings. The summed E-state index contributed by atoms with van der Waals surface area (Å²) < 4.78 is 5.19. The highest BCUT2D eigenvalue weighted by atomic mass is 16.5. The summed E-state index contributed by atoms with van der Waals surface area (Å²) in [7, 11) is 1.61. The van der Waals surface area contributed by atoms with Crippen molar-refractivity contribution >= 4 is 23.2 Å². The molecule has 0 heterocycles. The number of ether oxygens (including phenoxy) is 1. The van der Waals surface area contributed by atoms with Crippen molar-refractivity contribution in [1.29, 1.82) is 0 Å². The van der Waals surface area contributed by atoms with Crippen LogP contribution in [0.15, 0.2) is 42.5 Å². The molecule has 2 aromatic rings. The second kappa shape index (κ2) is 6.76. The molecule has 22 heavy (non-hydrogen) atoms. The van der Waals surface area contributed by atoms with Crippen LogP contribution in [0.2, 0.25) is 0 Å². The van der Waals surface area contributed by atoms with Gasteiger partial charge in [0.2, 0.25) is 5.91 Å². The first-order valence-corrected chi connectivity index (χ1v) is 6.83. The number of methoxy groups -OCH3 is 1. The van der Waals surface area contributed by atoms with E-state index in [1.165, 1.54) is 6.92 Å². The number of nitrogens with one attached hydrogen (secondary N) is 2. The van der Waals surface area contributed by atoms with Gasteiger partial charge < -0.3 is 15.4 Å². The van der Waals surface area contributed by atoms with Crippen molar-refractivity contribution in [2.24, 2.45) is 0 Å². The fourth-order valence-corrected chi connectivity index (χ4v) is 2.07. The molecule has 0 spiro atoms. The third-order valence-corrected chi connectivity index (χ3v) is 3.12. The van der Waals surface area contributed by atoms with E-state index in [0.29, 0.717) is 16.9 Å². The van der Waals surface area contributed by atoms with Crippen LogP contribution in [0.25, 0.3) is 0 Å². The highest BCUT2D eigenvalue weighted by Gasteiger charge is 2.07. The van der Waals surface area contributed by atoms with Crippen LogP contribution < -0.4 is 15.4 Å². The monoisotopic (exact) mass is 298 g/mol. The van der Waals surface area contributed by atoms with Gasteiger partial charge in [0.05, 0.1) is 7.11 Å². The number of aryl methyl sites for hydroxylation is 1. The molecule has 5 heteroatoms. The largest absolute Gasteiger partial charge is 0.496 e. The first-order chi connectivity index (χ1) is 10.5. The van der Waals surface area contributed by atoms with E-state index in [9.17, 15) is 9.59 Å². The standard InChI is InChI=1S/C17H18N2O3/c1-11-10-15(8-9-16(11)22-3)19-17(21)13-4-6-14(7-5-13)18-12(2)20/h4-10H,1-3H3,(H,18,20)(H,19,21). The van der Waals surface area contributed by atoms with Crippen LogP contribution in [0.4, 0.5) is 11.4 Å². The zero-order chi connectivity index (χ0) is 16.1. The molecule has 0 atom stereocenters. The van der Waals surface area contributed by atoms with E-state index < -0.39 is 0 Å². The van der Waals surface area contributed by atoms with Gasteiger partial charge in [-0.05, 0) is 55.0 Å². The van der Waals surface area contributed by atoms with Gasteiger partial charge in [0.15, 0.2) is 0 Å². The quantitative estimate of drug-likeness (QED) is 0.910. The van der Waals surface area contributed by atoms with Crippen molar-refractivity contribution in [3.05, 3.63) is 53.6 Å². The Morgan fingerprint density at radius 3 is 2.14 bits per heavy atom. The summed E-state index contributed by atoms with van der Waals surface area (Å²) >= 11 is 0. The molecule has 0 aromatic heterocycles. The lowest BCUT2D eigenvalue weighted by molar-refractivity contribution is -0.114. The van der Waals surface area contributed by atoms with Crippen molar-refractivity contribution in [3.8, 4) is 5.75 Å². The Morgan fingerprint density at radius 1 is 0.955 bits per heavy atom. The van der Waals surface area contributed by atoms with E-state index in [-0.39, 0.29) is 11.8 Å². The molecule has 2 N–H and O–H groups in total. The van der Waals surface area contributed by atoms with E-state index in [1.54, 1.807) is 37.4 Å². The molecule has 0 bridgehead atoms. The second-order valence-electron chi connectivity index (χ2n) is 4.90. The van der Waals surface area contributed by atoms with Crippen LogP contribution >= 0.6 is 0 Å². The maximum absolute atomic E-state index is 12.2. The van der Waals surface area contributed by atoms with E-state index in [2.05, 4.69) is 10.6 Å². The summed E-state index contributed by atoms with van der Waals surface area (Å²) in [5, 5.41) is 5.48. The Labute approximate surface area is 129 Å². The molecular formula is C17H18N2O3. The Balaban J connectivity index is 2.08. The minimum Gasteiger partial charge on any atom is -0.496 e. The van der Waals surface area contributed by atoms with Gasteiger partial charge in [-0.1, -0.05) is 0 Å². The smallest absolute Gasteiger partial charge is 0.255 e. The highest BCUT2D eigenvalue weighted by Crippen LogP contribution is 2.22. The summed E-state index contributed by atoms with van der Waals surface area (Å²) in [5.74, 6) is 0.419. The summed E-state index contributed by atoms with van der Waals surface area (Å²) in [4.78, 5) is 23.1. The SMILES string of the molecule is COc1ccc(NC(=O)c2ccc(NC(C)=O)cc2)cc1C. The molecule has 114 valence electrons. The van der Waals surface area contributed by atoms with E-state index in [0.717, 1.165) is 11.3 Å². The molecule has 0 aliphatic heterocycles. The Hall–Kier alpha value is -2.82. The van der Waals surface area contributed by atoms with E-state index in [1.807, 2.05) is 19.1 Å². The number of amides is 2. The summed E-state index contributed by atoms with van der Waals surface area (Å²) in [6, 6.07) is 12.2. The third kappa shape index (κ3) is 3.85. The molecule has 0 saturated heterocycles. The maximum Gasteiger partial charge on any atom is 0.255 e. The third-order valence-electron chi connectivity index (χ3n) is 3.12. The number of hydrogen-bond donors (Lipinski definition) is 2. The van der Waals surface area contributed by atoms with Crippen LogP contribution in [0.3, 0.4) is 0 Å². The number of benzene rings is 2. The van der Waals surface area contributed by atoms with Crippen molar-refractivity contribution in [3.63, 3.8) is 0 Å². The lowest BCUT2D eigenvalue weighted by Crippen LogP contribution is -2.12. The minimum atomic E-state index is -0.209. The predicted molar refractivity (Wildman–Crippen MR) is 86.4 cm³/mol. The van der Waals surface area contributed by atoms with Crippen LogP contribution in [0, 0.1) is 6.92 Å². The van der Waals surface area contributed by atoms with Gasteiger partial charge in [-0.25, -0.2) is 0 Å². The zero-order valence-electron chi connectivity index (χ0n) is 12.8. The van der Waals surface area contributed by atoms with Crippen LogP contribution in [0.5, 0.6) is 5.75 Å². The molecule has 0 aliphatic rings. The van der Waals surface area contributed by atoms with E-state index in [4.69, 9.17) is 4.74 Å². The van der Waals surface area contributed by atoms with Gasteiger partial charge in [0, 0.05) is 23.9 Å². The molecule has 0 aliphatic carbocycles. The maximum atomic E-state index is 12.2. The average Bonchev–Trinajstić information content (AvgIpc) is 2.47. The molecule has 2 rings (SSSR count). The van der Waals surface area contributed by atoms with Crippen LogP contribution in [-0.4, -0.2) is 18.9 Å². The number of carbonyl (C=O) groups is 2. The molecule has 0 unspecified atom stereocenters. The molecule has 2 aromatic carbocycles. The second-order valence-corrected chi connectivity index (χ2v) is 4.90. The van der Waals surface area contributed by atoms with Crippen molar-refractivity contribution in [2.45, 2.75) is 13.8 Å². The van der Waals surface area contributed by atoms with Gasteiger partial charge in [-0.2, -0.15) is 0 Å². The molecule has 0 saturated carbocycles. The zero-order valence-corrected chi connectivity index (χ0v) is 12.8. The minimum absolute atomic E-state index is 0.147. The topological polar surface area (TPSA) is 67.4 Å². The van der Waals surface area contributed by atoms with Gasteiger partial charge in [0.1, 0.15) is 5.75 Å². The normalized spacial score (nSPS) is 9.95. The van der Waals surface area contributed by atoms with Crippen molar-refractivity contribution in [1.82, 2.24) is 0 Å². The molecule has 5 nitrogen and oxygen atoms in total. The van der Waals surface area contributed by atoms with Crippen LogP contribution in [-0.2, 0) is 4.79 Å². The fraction of sp³-hybridized carbons (Fsp3) is 0.176. The number of carbonyl (C=O) groups excluding carboxylic acids is 2. The van der Waals surface area contributed by atoms with Gasteiger partial charge in [-0.3, -0.25) is 9.59 Å². The van der Waals surface area contributed by atoms with E-state index >= 15 is 0 Å². The average molecular weight is 298 g/mol. The van der Waals surface area contributed by atoms with Crippen molar-refractivity contribution < 1.29 is 14.3 Å². The number of rotatable bonds is 4. The summed E-state index contributed by atoms with van der Waals surface area (Å²) in [6.45, 7) is 3.35. The van der Waals surface area contributed by atoms with Crippen molar-refractivity contribution in [2.75, 3.05) is 17.7 Å². The van der Waals surface area contributed by atoms with Crippen LogP contribution in [0.1, 0.15) is 22.8 Å². The lowest BCUT2D eigenvalue weighted by Gasteiger charge is -2.09. The van der Waals surface area contributed by atoms with Gasteiger partial charge >= 0.3 is 0 Å². The number of hydrogen-bond acceptors (Lipinski definition) is 3. The lowest BCUT2D eigenvalue weighted by atomic mass is 10.1. The first-order valence-electron chi connectivity index (χ1n) is 6.83. The summed E-state index contributed by atoms with van der Waals surface area (Å²) in [6.07, 6.45) is 0. The summed E-state index contributed by atoms with van der Waals surface area (Å²) in [5.41, 5.74) is 2.82.